The maximum atomic E-state index is 5.34. The first-order valence-corrected chi connectivity index (χ1v) is 11.2. The molecule has 2 aliphatic rings. The van der Waals surface area contributed by atoms with Crippen LogP contribution in [0.4, 0.5) is 5.13 Å². The maximum absolute atomic E-state index is 5.34. The van der Waals surface area contributed by atoms with Crippen LogP contribution in [0, 0.1) is 5.92 Å². The standard InChI is InChI=1S/C23H26N4OS/c1-15-9-11-27(12-10-15)23-26-20(17-5-7-18(28-2)8-6-17)22(29-23)21-19(16-3-4-16)13-24-14-25-21/h5-8,13-16H,3-4,9-12H2,1-2H3. The van der Waals surface area contributed by atoms with E-state index in [0.717, 1.165) is 51.7 Å². The minimum atomic E-state index is 0.594. The summed E-state index contributed by atoms with van der Waals surface area (Å²) in [6, 6.07) is 8.19. The molecule has 0 bridgehead atoms. The van der Waals surface area contributed by atoms with Crippen LogP contribution in [0.1, 0.15) is 44.1 Å². The number of thiazole rings is 1. The van der Waals surface area contributed by atoms with Crippen LogP contribution in [0.3, 0.4) is 0 Å². The second kappa shape index (κ2) is 7.75. The number of hydrogen-bond acceptors (Lipinski definition) is 6. The van der Waals surface area contributed by atoms with Crippen molar-refractivity contribution < 1.29 is 4.74 Å². The lowest BCUT2D eigenvalue weighted by Gasteiger charge is -2.29. The Labute approximate surface area is 175 Å². The van der Waals surface area contributed by atoms with Gasteiger partial charge < -0.3 is 9.64 Å². The fourth-order valence-electron chi connectivity index (χ4n) is 3.97. The van der Waals surface area contributed by atoms with Crippen LogP contribution in [0.15, 0.2) is 36.8 Å². The first-order valence-electron chi connectivity index (χ1n) is 10.4. The van der Waals surface area contributed by atoms with Gasteiger partial charge in [0.2, 0.25) is 0 Å². The molecule has 3 aromatic rings. The third-order valence-electron chi connectivity index (χ3n) is 6.01. The molecule has 0 N–H and O–H groups in total. The average molecular weight is 407 g/mol. The molecule has 1 saturated heterocycles. The summed E-state index contributed by atoms with van der Waals surface area (Å²) in [5, 5.41) is 1.11. The van der Waals surface area contributed by atoms with Gasteiger partial charge in [0.1, 0.15) is 12.1 Å². The summed E-state index contributed by atoms with van der Waals surface area (Å²) in [4.78, 5) is 17.8. The lowest BCUT2D eigenvalue weighted by Crippen LogP contribution is -2.32. The highest BCUT2D eigenvalue weighted by molar-refractivity contribution is 7.19. The van der Waals surface area contributed by atoms with Crippen molar-refractivity contribution in [2.75, 3.05) is 25.1 Å². The molecule has 0 spiro atoms. The van der Waals surface area contributed by atoms with E-state index in [1.54, 1.807) is 24.8 Å². The summed E-state index contributed by atoms with van der Waals surface area (Å²) >= 11 is 1.78. The van der Waals surface area contributed by atoms with Crippen molar-refractivity contribution >= 4 is 16.5 Å². The predicted octanol–water partition coefficient (Wildman–Crippen LogP) is 5.39. The van der Waals surface area contributed by atoms with Gasteiger partial charge in [-0.15, -0.1) is 0 Å². The minimum Gasteiger partial charge on any atom is -0.497 e. The quantitative estimate of drug-likeness (QED) is 0.569. The number of benzene rings is 1. The highest BCUT2D eigenvalue weighted by Gasteiger charge is 2.30. The molecule has 0 amide bonds. The topological polar surface area (TPSA) is 51.1 Å². The van der Waals surface area contributed by atoms with Gasteiger partial charge in [-0.3, -0.25) is 0 Å². The van der Waals surface area contributed by atoms with Gasteiger partial charge in [0.25, 0.3) is 0 Å². The summed E-state index contributed by atoms with van der Waals surface area (Å²) in [5.41, 5.74) is 4.45. The molecule has 2 aromatic heterocycles. The van der Waals surface area contributed by atoms with Gasteiger partial charge >= 0.3 is 0 Å². The van der Waals surface area contributed by atoms with Crippen molar-refractivity contribution in [1.82, 2.24) is 15.0 Å². The summed E-state index contributed by atoms with van der Waals surface area (Å²) in [7, 11) is 1.70. The molecule has 29 heavy (non-hydrogen) atoms. The van der Waals surface area contributed by atoms with Crippen LogP contribution >= 0.6 is 11.3 Å². The zero-order valence-corrected chi connectivity index (χ0v) is 17.8. The van der Waals surface area contributed by atoms with Crippen molar-refractivity contribution in [2.24, 2.45) is 5.92 Å². The smallest absolute Gasteiger partial charge is 0.186 e. The lowest BCUT2D eigenvalue weighted by atomic mass is 10.00. The Balaban J connectivity index is 1.60. The van der Waals surface area contributed by atoms with Gasteiger partial charge in [-0.1, -0.05) is 18.3 Å². The molecule has 150 valence electrons. The summed E-state index contributed by atoms with van der Waals surface area (Å²) in [5.74, 6) is 2.25. The number of rotatable bonds is 5. The monoisotopic (exact) mass is 406 g/mol. The molecule has 1 saturated carbocycles. The Morgan fingerprint density at radius 1 is 1.03 bits per heavy atom. The third-order valence-corrected chi connectivity index (χ3v) is 7.13. The van der Waals surface area contributed by atoms with E-state index < -0.39 is 0 Å². The molecule has 5 nitrogen and oxygen atoms in total. The Morgan fingerprint density at radius 3 is 2.48 bits per heavy atom. The van der Waals surface area contributed by atoms with E-state index in [9.17, 15) is 0 Å². The van der Waals surface area contributed by atoms with E-state index in [2.05, 4.69) is 28.9 Å². The second-order valence-corrected chi connectivity index (χ2v) is 9.15. The summed E-state index contributed by atoms with van der Waals surface area (Å²) in [6.07, 6.45) is 8.59. The number of anilines is 1. The molecule has 6 heteroatoms. The Kier molecular flexibility index (Phi) is 4.96. The number of piperidine rings is 1. The van der Waals surface area contributed by atoms with Gasteiger partial charge in [-0.2, -0.15) is 0 Å². The number of nitrogens with zero attached hydrogens (tertiary/aromatic N) is 4. The highest BCUT2D eigenvalue weighted by Crippen LogP contribution is 2.47. The fourth-order valence-corrected chi connectivity index (χ4v) is 5.13. The Bertz CT molecular complexity index is 988. The lowest BCUT2D eigenvalue weighted by molar-refractivity contribution is 0.415. The predicted molar refractivity (Wildman–Crippen MR) is 118 cm³/mol. The van der Waals surface area contributed by atoms with E-state index in [4.69, 9.17) is 14.7 Å². The van der Waals surface area contributed by atoms with Gasteiger partial charge in [-0.05, 0) is 61.8 Å². The van der Waals surface area contributed by atoms with Gasteiger partial charge in [0.05, 0.1) is 23.4 Å². The molecule has 1 aliphatic heterocycles. The SMILES string of the molecule is COc1ccc(-c2nc(N3CCC(C)CC3)sc2-c2ncncc2C2CC2)cc1. The molecule has 0 atom stereocenters. The molecule has 0 radical (unpaired) electrons. The first kappa shape index (κ1) is 18.6. The summed E-state index contributed by atoms with van der Waals surface area (Å²) in [6.45, 7) is 4.50. The number of aromatic nitrogens is 3. The molecule has 2 fully saturated rings. The second-order valence-electron chi connectivity index (χ2n) is 8.17. The van der Waals surface area contributed by atoms with Crippen molar-refractivity contribution in [2.45, 2.75) is 38.5 Å². The van der Waals surface area contributed by atoms with Crippen LogP contribution in [0.2, 0.25) is 0 Å². The Hall–Kier alpha value is -2.47. The molecule has 3 heterocycles. The van der Waals surface area contributed by atoms with Gasteiger partial charge in [0.15, 0.2) is 5.13 Å². The van der Waals surface area contributed by atoms with Gasteiger partial charge in [0, 0.05) is 30.4 Å². The average Bonchev–Trinajstić information content (AvgIpc) is 3.53. The van der Waals surface area contributed by atoms with Crippen LogP contribution in [-0.2, 0) is 0 Å². The normalized spacial score (nSPS) is 17.5. The van der Waals surface area contributed by atoms with E-state index >= 15 is 0 Å². The van der Waals surface area contributed by atoms with Crippen molar-refractivity contribution in [1.29, 1.82) is 0 Å². The summed E-state index contributed by atoms with van der Waals surface area (Å²) < 4.78 is 5.34. The molecule has 5 rings (SSSR count). The largest absolute Gasteiger partial charge is 0.497 e. The number of methoxy groups -OCH3 is 1. The minimum absolute atomic E-state index is 0.594. The van der Waals surface area contributed by atoms with Crippen LogP contribution < -0.4 is 9.64 Å². The van der Waals surface area contributed by atoms with Crippen molar-refractivity contribution in [3.05, 3.63) is 42.4 Å². The van der Waals surface area contributed by atoms with E-state index in [1.165, 1.54) is 31.2 Å². The molecule has 0 unspecified atom stereocenters. The van der Waals surface area contributed by atoms with Crippen LogP contribution in [0.25, 0.3) is 21.8 Å². The molecular formula is C23H26N4OS. The first-order chi connectivity index (χ1) is 14.2. The van der Waals surface area contributed by atoms with Crippen LogP contribution in [-0.4, -0.2) is 35.2 Å². The molecule has 1 aliphatic carbocycles. The zero-order valence-electron chi connectivity index (χ0n) is 17.0. The Morgan fingerprint density at radius 2 is 1.79 bits per heavy atom. The van der Waals surface area contributed by atoms with E-state index in [1.807, 2.05) is 18.3 Å². The zero-order chi connectivity index (χ0) is 19.8. The maximum Gasteiger partial charge on any atom is 0.186 e. The number of ether oxygens (including phenoxy) is 1. The van der Waals surface area contributed by atoms with E-state index in [-0.39, 0.29) is 0 Å². The number of hydrogen-bond donors (Lipinski definition) is 0. The van der Waals surface area contributed by atoms with Crippen LogP contribution in [0.5, 0.6) is 5.75 Å². The third kappa shape index (κ3) is 3.73. The van der Waals surface area contributed by atoms with Gasteiger partial charge in [-0.25, -0.2) is 15.0 Å². The van der Waals surface area contributed by atoms with Crippen molar-refractivity contribution in [3.63, 3.8) is 0 Å². The molecule has 1 aromatic carbocycles. The molecular weight excluding hydrogens is 380 g/mol. The highest BCUT2D eigenvalue weighted by atomic mass is 32.1. The van der Waals surface area contributed by atoms with Crippen molar-refractivity contribution in [3.8, 4) is 27.6 Å². The fraction of sp³-hybridized carbons (Fsp3) is 0.435. The van der Waals surface area contributed by atoms with E-state index in [0.29, 0.717) is 5.92 Å².